The minimum Gasteiger partial charge on any atom is -0.486 e. The van der Waals surface area contributed by atoms with E-state index >= 15 is 0 Å². The molecule has 2 aromatic carbocycles. The topological polar surface area (TPSA) is 112 Å². The van der Waals surface area contributed by atoms with Gasteiger partial charge in [0.15, 0.2) is 11.5 Å². The molecule has 1 aliphatic heterocycles. The van der Waals surface area contributed by atoms with E-state index in [2.05, 4.69) is 10.4 Å². The summed E-state index contributed by atoms with van der Waals surface area (Å²) in [4.78, 5) is 12.3. The van der Waals surface area contributed by atoms with Crippen molar-refractivity contribution in [2.45, 2.75) is 30.7 Å². The first kappa shape index (κ1) is 25.4. The summed E-state index contributed by atoms with van der Waals surface area (Å²) in [5.41, 5.74) is 4.03. The summed E-state index contributed by atoms with van der Waals surface area (Å²) in [6.45, 7) is 1.34. The van der Waals surface area contributed by atoms with Crippen LogP contribution in [0.5, 0.6) is 11.5 Å². The second kappa shape index (κ2) is 10.6. The van der Waals surface area contributed by atoms with Crippen molar-refractivity contribution in [2.75, 3.05) is 19.8 Å². The van der Waals surface area contributed by atoms with E-state index in [1.54, 1.807) is 12.1 Å². The molecule has 0 spiro atoms. The molecule has 0 radical (unpaired) electrons. The predicted octanol–water partition coefficient (Wildman–Crippen LogP) is 4.42. The van der Waals surface area contributed by atoms with Gasteiger partial charge < -0.3 is 14.8 Å². The van der Waals surface area contributed by atoms with Crippen LogP contribution in [0.3, 0.4) is 0 Å². The zero-order chi connectivity index (χ0) is 26.0. The number of rotatable bonds is 6. The number of ether oxygens (including phenoxy) is 2. The number of urea groups is 1. The van der Waals surface area contributed by atoms with E-state index < -0.39 is 16.1 Å². The second-order valence-electron chi connectivity index (χ2n) is 8.62. The maximum Gasteiger partial charge on any atom is 0.328 e. The third-order valence-electron chi connectivity index (χ3n) is 6.11. The van der Waals surface area contributed by atoms with Crippen molar-refractivity contribution in [3.63, 3.8) is 0 Å². The number of fused-ring (bicyclic) bond motifs is 2. The Morgan fingerprint density at radius 2 is 1.89 bits per heavy atom. The van der Waals surface area contributed by atoms with E-state index in [9.17, 15) is 13.2 Å². The maximum atomic E-state index is 12.7. The van der Waals surface area contributed by atoms with Gasteiger partial charge in [-0.2, -0.15) is 5.10 Å². The fourth-order valence-corrected chi connectivity index (χ4v) is 5.78. The van der Waals surface area contributed by atoms with Crippen LogP contribution in [0.2, 0.25) is 10.0 Å². The first-order valence-corrected chi connectivity index (χ1v) is 13.9. The molecule has 0 saturated heterocycles. The van der Waals surface area contributed by atoms with Gasteiger partial charge in [-0.3, -0.25) is 4.68 Å². The monoisotopic (exact) mass is 562 g/mol. The van der Waals surface area contributed by atoms with E-state index in [-0.39, 0.29) is 11.4 Å². The normalized spacial score (nSPS) is 15.8. The van der Waals surface area contributed by atoms with E-state index in [0.717, 1.165) is 41.7 Å². The lowest BCUT2D eigenvalue weighted by Gasteiger charge is -2.19. The highest BCUT2D eigenvalue weighted by Gasteiger charge is 2.22. The molecule has 2 aliphatic rings. The number of carbonyl (C=O) groups excluding carboxylic acids is 1. The van der Waals surface area contributed by atoms with Crippen LogP contribution < -0.4 is 19.5 Å². The smallest absolute Gasteiger partial charge is 0.328 e. The van der Waals surface area contributed by atoms with Gasteiger partial charge in [0.25, 0.3) is 10.0 Å². The molecular weight excluding hydrogens is 539 g/mol. The Labute approximate surface area is 224 Å². The Morgan fingerprint density at radius 1 is 1.08 bits per heavy atom. The number of hydrogen-bond donors (Lipinski definition) is 2. The molecule has 2 heterocycles. The average Bonchev–Trinajstić information content (AvgIpc) is 3.29. The third-order valence-corrected chi connectivity index (χ3v) is 8.02. The molecule has 0 atom stereocenters. The standard InChI is InChI=1S/C25H24Cl2N4O5S/c26-19-5-4-18(21(27)12-19)15-31-24-16(2-1-3-17(24)14-29-31)8-9-28-25(32)30-37(33,34)20-6-7-22-23(13-20)36-11-10-35-22/h4-8,12-14H,1-3,9-11,15H2,(H2,28,30,32)/b16-8+. The van der Waals surface area contributed by atoms with Crippen LogP contribution in [0.15, 0.2) is 53.6 Å². The molecule has 0 saturated carbocycles. The van der Waals surface area contributed by atoms with Gasteiger partial charge in [-0.1, -0.05) is 35.3 Å². The molecule has 12 heteroatoms. The maximum absolute atomic E-state index is 12.7. The number of amides is 2. The predicted molar refractivity (Wildman–Crippen MR) is 140 cm³/mol. The lowest BCUT2D eigenvalue weighted by Crippen LogP contribution is -2.39. The van der Waals surface area contributed by atoms with Gasteiger partial charge in [-0.15, -0.1) is 0 Å². The molecular formula is C25H24Cl2N4O5S. The molecule has 1 aliphatic carbocycles. The molecule has 1 aromatic heterocycles. The molecule has 194 valence electrons. The van der Waals surface area contributed by atoms with Crippen LogP contribution in [0.4, 0.5) is 4.79 Å². The fourth-order valence-electron chi connectivity index (χ4n) is 4.37. The van der Waals surface area contributed by atoms with Gasteiger partial charge in [0.1, 0.15) is 13.2 Å². The Hall–Kier alpha value is -3.21. The summed E-state index contributed by atoms with van der Waals surface area (Å²) < 4.78 is 40.1. The number of nitrogens with one attached hydrogen (secondary N) is 2. The van der Waals surface area contributed by atoms with E-state index in [1.165, 1.54) is 18.2 Å². The third kappa shape index (κ3) is 5.71. The highest BCUT2D eigenvalue weighted by atomic mass is 35.5. The van der Waals surface area contributed by atoms with Crippen LogP contribution in [0.1, 0.15) is 29.7 Å². The Bertz CT molecular complexity index is 1490. The summed E-state index contributed by atoms with van der Waals surface area (Å²) in [5.74, 6) is 0.787. The van der Waals surface area contributed by atoms with Gasteiger partial charge in [-0.05, 0) is 60.2 Å². The SMILES string of the molecule is O=C(NC/C=C1\CCCc2cnn(Cc3ccc(Cl)cc3Cl)c21)NS(=O)(=O)c1ccc2c(c1)OCCO2. The zero-order valence-corrected chi connectivity index (χ0v) is 22.0. The number of halogens is 2. The van der Waals surface area contributed by atoms with Crippen molar-refractivity contribution < 1.29 is 22.7 Å². The zero-order valence-electron chi connectivity index (χ0n) is 19.7. The van der Waals surface area contributed by atoms with Gasteiger partial charge in [0.2, 0.25) is 0 Å². The second-order valence-corrected chi connectivity index (χ2v) is 11.1. The molecule has 2 N–H and O–H groups in total. The minimum absolute atomic E-state index is 0.0908. The molecule has 0 bridgehead atoms. The molecule has 3 aromatic rings. The van der Waals surface area contributed by atoms with Gasteiger partial charge in [0.05, 0.1) is 23.3 Å². The number of sulfonamides is 1. The molecule has 2 amide bonds. The Morgan fingerprint density at radius 3 is 2.70 bits per heavy atom. The number of allylic oxidation sites excluding steroid dienone is 1. The summed E-state index contributed by atoms with van der Waals surface area (Å²) in [7, 11) is -4.09. The van der Waals surface area contributed by atoms with E-state index in [0.29, 0.717) is 41.3 Å². The van der Waals surface area contributed by atoms with Gasteiger partial charge in [-0.25, -0.2) is 17.9 Å². The Kier molecular flexibility index (Phi) is 7.32. The molecule has 9 nitrogen and oxygen atoms in total. The molecule has 0 fully saturated rings. The van der Waals surface area contributed by atoms with Crippen molar-refractivity contribution in [1.29, 1.82) is 0 Å². The van der Waals surface area contributed by atoms with Crippen molar-refractivity contribution in [3.8, 4) is 11.5 Å². The molecule has 5 rings (SSSR count). The number of aryl methyl sites for hydroxylation is 1. The van der Waals surface area contributed by atoms with Crippen molar-refractivity contribution >= 4 is 44.8 Å². The molecule has 0 unspecified atom stereocenters. The number of carbonyl (C=O) groups is 1. The number of nitrogens with zero attached hydrogens (tertiary/aromatic N) is 2. The van der Waals surface area contributed by atoms with Crippen LogP contribution in [-0.4, -0.2) is 44.0 Å². The average molecular weight is 563 g/mol. The summed E-state index contributed by atoms with van der Waals surface area (Å²) in [6, 6.07) is 8.74. The summed E-state index contributed by atoms with van der Waals surface area (Å²) >= 11 is 12.4. The lowest BCUT2D eigenvalue weighted by molar-refractivity contribution is 0.171. The first-order chi connectivity index (χ1) is 17.8. The molecule has 37 heavy (non-hydrogen) atoms. The van der Waals surface area contributed by atoms with Crippen LogP contribution >= 0.6 is 23.2 Å². The van der Waals surface area contributed by atoms with Crippen LogP contribution in [0, 0.1) is 0 Å². The first-order valence-electron chi connectivity index (χ1n) is 11.7. The van der Waals surface area contributed by atoms with Gasteiger partial charge in [0, 0.05) is 22.7 Å². The number of benzene rings is 2. The largest absolute Gasteiger partial charge is 0.486 e. The van der Waals surface area contributed by atoms with Crippen LogP contribution in [-0.2, 0) is 23.0 Å². The van der Waals surface area contributed by atoms with Crippen molar-refractivity contribution in [3.05, 3.63) is 75.5 Å². The van der Waals surface area contributed by atoms with E-state index in [4.69, 9.17) is 32.7 Å². The number of hydrogen-bond acceptors (Lipinski definition) is 6. The summed E-state index contributed by atoms with van der Waals surface area (Å²) in [5, 5.41) is 8.28. The number of aromatic nitrogens is 2. The highest BCUT2D eigenvalue weighted by Crippen LogP contribution is 2.33. The highest BCUT2D eigenvalue weighted by molar-refractivity contribution is 7.90. The quantitative estimate of drug-likeness (QED) is 0.460. The van der Waals surface area contributed by atoms with Crippen LogP contribution in [0.25, 0.3) is 5.57 Å². The van der Waals surface area contributed by atoms with Crippen molar-refractivity contribution in [2.24, 2.45) is 0 Å². The lowest BCUT2D eigenvalue weighted by atomic mass is 9.92. The summed E-state index contributed by atoms with van der Waals surface area (Å²) in [6.07, 6.45) is 6.41. The van der Waals surface area contributed by atoms with Gasteiger partial charge >= 0.3 is 6.03 Å². The van der Waals surface area contributed by atoms with Crippen molar-refractivity contribution in [1.82, 2.24) is 19.8 Å². The Balaban J connectivity index is 1.25. The van der Waals surface area contributed by atoms with E-state index in [1.807, 2.05) is 27.7 Å². The fraction of sp³-hybridized carbons (Fsp3) is 0.280. The minimum atomic E-state index is -4.09.